The van der Waals surface area contributed by atoms with E-state index in [0.29, 0.717) is 27.3 Å². The number of amides is 1. The number of hydrogen-bond donors (Lipinski definition) is 0. The topological polar surface area (TPSA) is 46.1 Å². The lowest BCUT2D eigenvalue weighted by Crippen LogP contribution is -2.42. The minimum Gasteiger partial charge on any atom is -0.339 e. The fraction of sp³-hybridized carbons (Fsp3) is 0.318. The quantitative estimate of drug-likeness (QED) is 0.443. The maximum absolute atomic E-state index is 13.8. The van der Waals surface area contributed by atoms with Crippen molar-refractivity contribution in [3.8, 4) is 11.4 Å². The Hall–Kier alpha value is -2.54. The molecule has 0 unspecified atom stereocenters. The summed E-state index contributed by atoms with van der Waals surface area (Å²) in [6, 6.07) is 10.5. The van der Waals surface area contributed by atoms with Crippen LogP contribution < -0.4 is 0 Å². The zero-order chi connectivity index (χ0) is 20.4. The van der Waals surface area contributed by atoms with Crippen LogP contribution in [-0.4, -0.2) is 39.1 Å². The maximum atomic E-state index is 13.8. The van der Waals surface area contributed by atoms with Gasteiger partial charge in [0.15, 0.2) is 5.82 Å². The smallest absolute Gasteiger partial charge is 0.233 e. The molecule has 1 atom stereocenters. The first-order chi connectivity index (χ1) is 14.0. The summed E-state index contributed by atoms with van der Waals surface area (Å²) in [4.78, 5) is 23.7. The predicted octanol–water partition coefficient (Wildman–Crippen LogP) is 5.07. The second kappa shape index (κ2) is 8.45. The van der Waals surface area contributed by atoms with Crippen molar-refractivity contribution in [2.75, 3.05) is 12.3 Å². The lowest BCUT2D eigenvalue weighted by atomic mass is 10.0. The summed E-state index contributed by atoms with van der Waals surface area (Å²) in [5.74, 6) is -0.00413. The molecule has 0 bridgehead atoms. The number of fused-ring (bicyclic) bond motifs is 1. The second-order valence-corrected chi connectivity index (χ2v) is 8.21. The minimum absolute atomic E-state index is 0.0636. The number of halogens is 2. The van der Waals surface area contributed by atoms with Gasteiger partial charge in [-0.05, 0) is 68.7 Å². The molecule has 0 radical (unpaired) electrons. The SMILES string of the molecule is C[C@H]1CCCCN1C(=O)CSc1nc(-c2ccc(F)cc2)nc2ccc(F)cc12. The van der Waals surface area contributed by atoms with Gasteiger partial charge in [0.1, 0.15) is 16.7 Å². The van der Waals surface area contributed by atoms with E-state index in [1.807, 2.05) is 4.90 Å². The normalized spacial score (nSPS) is 16.9. The van der Waals surface area contributed by atoms with E-state index >= 15 is 0 Å². The molecule has 2 heterocycles. The van der Waals surface area contributed by atoms with Gasteiger partial charge < -0.3 is 4.90 Å². The summed E-state index contributed by atoms with van der Waals surface area (Å²) < 4.78 is 27.1. The van der Waals surface area contributed by atoms with Gasteiger partial charge in [-0.15, -0.1) is 0 Å². The summed E-state index contributed by atoms with van der Waals surface area (Å²) in [7, 11) is 0. The van der Waals surface area contributed by atoms with Crippen molar-refractivity contribution in [1.29, 1.82) is 0 Å². The van der Waals surface area contributed by atoms with Crippen LogP contribution in [0.3, 0.4) is 0 Å². The predicted molar refractivity (Wildman–Crippen MR) is 111 cm³/mol. The number of likely N-dealkylation sites (tertiary alicyclic amines) is 1. The molecule has 2 aromatic carbocycles. The number of carbonyl (C=O) groups is 1. The third-order valence-corrected chi connectivity index (χ3v) is 6.16. The zero-order valence-corrected chi connectivity index (χ0v) is 16.9. The third-order valence-electron chi connectivity index (χ3n) is 5.18. The molecule has 1 aliphatic heterocycles. The molecule has 0 spiro atoms. The fourth-order valence-electron chi connectivity index (χ4n) is 3.59. The first-order valence-electron chi connectivity index (χ1n) is 9.67. The third kappa shape index (κ3) is 4.40. The molecule has 1 aromatic heterocycles. The van der Waals surface area contributed by atoms with Crippen LogP contribution in [0, 0.1) is 11.6 Å². The van der Waals surface area contributed by atoms with E-state index in [-0.39, 0.29) is 29.3 Å². The summed E-state index contributed by atoms with van der Waals surface area (Å²) in [5.41, 5.74) is 1.25. The van der Waals surface area contributed by atoms with Crippen molar-refractivity contribution < 1.29 is 13.6 Å². The van der Waals surface area contributed by atoms with Crippen LogP contribution in [0.4, 0.5) is 8.78 Å². The van der Waals surface area contributed by atoms with Gasteiger partial charge in [-0.25, -0.2) is 18.7 Å². The molecule has 3 aromatic rings. The molecule has 1 saturated heterocycles. The van der Waals surface area contributed by atoms with Crippen LogP contribution in [-0.2, 0) is 4.79 Å². The highest BCUT2D eigenvalue weighted by atomic mass is 32.2. The number of hydrogen-bond acceptors (Lipinski definition) is 4. The largest absolute Gasteiger partial charge is 0.339 e. The Morgan fingerprint density at radius 2 is 1.86 bits per heavy atom. The van der Waals surface area contributed by atoms with Crippen molar-refractivity contribution in [3.63, 3.8) is 0 Å². The number of carbonyl (C=O) groups excluding carboxylic acids is 1. The fourth-order valence-corrected chi connectivity index (χ4v) is 4.49. The molecule has 29 heavy (non-hydrogen) atoms. The molecular formula is C22H21F2N3OS. The highest BCUT2D eigenvalue weighted by Gasteiger charge is 2.23. The first kappa shape index (κ1) is 19.8. The number of rotatable bonds is 4. The molecule has 0 N–H and O–H groups in total. The number of thioether (sulfide) groups is 1. The van der Waals surface area contributed by atoms with Crippen molar-refractivity contribution in [2.24, 2.45) is 0 Å². The number of benzene rings is 2. The molecule has 0 saturated carbocycles. The van der Waals surface area contributed by atoms with E-state index in [1.165, 1.54) is 36.0 Å². The maximum Gasteiger partial charge on any atom is 0.233 e. The number of piperidine rings is 1. The highest BCUT2D eigenvalue weighted by Crippen LogP contribution is 2.30. The van der Waals surface area contributed by atoms with Gasteiger partial charge in [-0.2, -0.15) is 0 Å². The van der Waals surface area contributed by atoms with Gasteiger partial charge in [-0.1, -0.05) is 11.8 Å². The monoisotopic (exact) mass is 413 g/mol. The number of aromatic nitrogens is 2. The van der Waals surface area contributed by atoms with Gasteiger partial charge in [0.2, 0.25) is 5.91 Å². The summed E-state index contributed by atoms with van der Waals surface area (Å²) in [6.07, 6.45) is 3.19. The average Bonchev–Trinajstić information content (AvgIpc) is 2.72. The Balaban J connectivity index is 1.65. The van der Waals surface area contributed by atoms with E-state index in [2.05, 4.69) is 16.9 Å². The molecule has 4 rings (SSSR count). The van der Waals surface area contributed by atoms with Crippen LogP contribution in [0.2, 0.25) is 0 Å². The summed E-state index contributed by atoms with van der Waals surface area (Å²) in [6.45, 7) is 2.85. The zero-order valence-electron chi connectivity index (χ0n) is 16.1. The molecule has 150 valence electrons. The first-order valence-corrected chi connectivity index (χ1v) is 10.7. The highest BCUT2D eigenvalue weighted by molar-refractivity contribution is 8.00. The van der Waals surface area contributed by atoms with Crippen molar-refractivity contribution >= 4 is 28.6 Å². The van der Waals surface area contributed by atoms with E-state index < -0.39 is 0 Å². The average molecular weight is 413 g/mol. The Morgan fingerprint density at radius 3 is 2.62 bits per heavy atom. The standard InChI is InChI=1S/C22H21F2N3OS/c1-14-4-2-3-11-27(14)20(28)13-29-22-18-12-17(24)9-10-19(18)25-21(26-22)15-5-7-16(23)8-6-15/h5-10,12,14H,2-4,11,13H2,1H3/t14-/m0/s1. The van der Waals surface area contributed by atoms with Crippen molar-refractivity contribution in [3.05, 3.63) is 54.1 Å². The van der Waals surface area contributed by atoms with Gasteiger partial charge >= 0.3 is 0 Å². The van der Waals surface area contributed by atoms with Gasteiger partial charge in [0.25, 0.3) is 0 Å². The van der Waals surface area contributed by atoms with Crippen LogP contribution in [0.5, 0.6) is 0 Å². The minimum atomic E-state index is -0.381. The van der Waals surface area contributed by atoms with Crippen LogP contribution in [0.1, 0.15) is 26.2 Å². The van der Waals surface area contributed by atoms with Gasteiger partial charge in [0.05, 0.1) is 11.3 Å². The van der Waals surface area contributed by atoms with Crippen molar-refractivity contribution in [2.45, 2.75) is 37.3 Å². The molecule has 1 amide bonds. The van der Waals surface area contributed by atoms with Gasteiger partial charge in [0, 0.05) is 23.5 Å². The summed E-state index contributed by atoms with van der Waals surface area (Å²) in [5, 5.41) is 1.12. The Kier molecular flexibility index (Phi) is 5.76. The van der Waals surface area contributed by atoms with E-state index in [4.69, 9.17) is 0 Å². The van der Waals surface area contributed by atoms with Crippen molar-refractivity contribution in [1.82, 2.24) is 14.9 Å². The lowest BCUT2D eigenvalue weighted by Gasteiger charge is -2.33. The second-order valence-electron chi connectivity index (χ2n) is 7.24. The summed E-state index contributed by atoms with van der Waals surface area (Å²) >= 11 is 1.29. The van der Waals surface area contributed by atoms with E-state index in [9.17, 15) is 13.6 Å². The molecular weight excluding hydrogens is 392 g/mol. The van der Waals surface area contributed by atoms with E-state index in [1.54, 1.807) is 18.2 Å². The molecule has 1 fully saturated rings. The van der Waals surface area contributed by atoms with Crippen LogP contribution in [0.15, 0.2) is 47.5 Å². The molecule has 7 heteroatoms. The molecule has 1 aliphatic rings. The lowest BCUT2D eigenvalue weighted by molar-refractivity contribution is -0.131. The van der Waals surface area contributed by atoms with Crippen LogP contribution in [0.25, 0.3) is 22.3 Å². The molecule has 0 aliphatic carbocycles. The Bertz CT molecular complexity index is 1040. The Morgan fingerprint density at radius 1 is 1.10 bits per heavy atom. The molecule has 4 nitrogen and oxygen atoms in total. The van der Waals surface area contributed by atoms with Gasteiger partial charge in [-0.3, -0.25) is 4.79 Å². The number of nitrogens with zero attached hydrogens (tertiary/aromatic N) is 3. The van der Waals surface area contributed by atoms with Crippen LogP contribution >= 0.6 is 11.8 Å². The van der Waals surface area contributed by atoms with E-state index in [0.717, 1.165) is 25.8 Å². The Labute approximate surface area is 172 Å².